The molecule has 0 N–H and O–H groups in total. The van der Waals surface area contributed by atoms with E-state index in [4.69, 9.17) is 9.47 Å². The molecule has 3 rings (SSSR count). The van der Waals surface area contributed by atoms with Crippen LogP contribution in [0.2, 0.25) is 0 Å². The Morgan fingerprint density at radius 2 is 2.06 bits per heavy atom. The van der Waals surface area contributed by atoms with Gasteiger partial charge in [-0.3, -0.25) is 0 Å². The first-order valence-electron chi connectivity index (χ1n) is 5.70. The number of hydrogen-bond acceptors (Lipinski definition) is 2. The van der Waals surface area contributed by atoms with Crippen LogP contribution in [0, 0.1) is 6.92 Å². The van der Waals surface area contributed by atoms with Crippen molar-refractivity contribution in [3.8, 4) is 11.5 Å². The summed E-state index contributed by atoms with van der Waals surface area (Å²) in [6.07, 6.45) is 4.15. The van der Waals surface area contributed by atoms with E-state index in [2.05, 4.69) is 25.1 Å². The van der Waals surface area contributed by atoms with Crippen LogP contribution in [0.15, 0.2) is 30.3 Å². The van der Waals surface area contributed by atoms with Crippen molar-refractivity contribution in [3.63, 3.8) is 0 Å². The number of ether oxygens (including phenoxy) is 2. The summed E-state index contributed by atoms with van der Waals surface area (Å²) < 4.78 is 11.0. The molecule has 0 aliphatic carbocycles. The highest BCUT2D eigenvalue weighted by Crippen LogP contribution is 2.36. The SMILES string of the molecule is COc1ccc2c(C)cc3c(c2c1)OCC=C3. The zero-order valence-corrected chi connectivity index (χ0v) is 9.99. The van der Waals surface area contributed by atoms with Crippen molar-refractivity contribution in [2.45, 2.75) is 6.92 Å². The molecule has 0 radical (unpaired) electrons. The van der Waals surface area contributed by atoms with Crippen LogP contribution in [0.4, 0.5) is 0 Å². The predicted octanol–water partition coefficient (Wildman–Crippen LogP) is 3.56. The average molecular weight is 226 g/mol. The molecule has 2 heteroatoms. The van der Waals surface area contributed by atoms with Gasteiger partial charge in [-0.25, -0.2) is 0 Å². The minimum Gasteiger partial charge on any atom is -0.497 e. The van der Waals surface area contributed by atoms with E-state index in [1.807, 2.05) is 18.2 Å². The zero-order valence-electron chi connectivity index (χ0n) is 9.99. The van der Waals surface area contributed by atoms with E-state index < -0.39 is 0 Å². The van der Waals surface area contributed by atoms with Gasteiger partial charge in [0.25, 0.3) is 0 Å². The van der Waals surface area contributed by atoms with Gasteiger partial charge in [0.2, 0.25) is 0 Å². The molecule has 0 saturated carbocycles. The monoisotopic (exact) mass is 226 g/mol. The lowest BCUT2D eigenvalue weighted by Crippen LogP contribution is -2.01. The molecular weight excluding hydrogens is 212 g/mol. The van der Waals surface area contributed by atoms with Crippen LogP contribution in [-0.4, -0.2) is 13.7 Å². The molecule has 2 nitrogen and oxygen atoms in total. The quantitative estimate of drug-likeness (QED) is 0.740. The van der Waals surface area contributed by atoms with Crippen molar-refractivity contribution in [2.24, 2.45) is 0 Å². The van der Waals surface area contributed by atoms with Crippen LogP contribution in [0.1, 0.15) is 11.1 Å². The molecule has 2 aromatic rings. The topological polar surface area (TPSA) is 18.5 Å². The van der Waals surface area contributed by atoms with Crippen molar-refractivity contribution in [1.29, 1.82) is 0 Å². The maximum Gasteiger partial charge on any atom is 0.134 e. The fourth-order valence-electron chi connectivity index (χ4n) is 2.31. The summed E-state index contributed by atoms with van der Waals surface area (Å²) >= 11 is 0. The Kier molecular flexibility index (Phi) is 2.29. The number of rotatable bonds is 1. The molecule has 0 aromatic heterocycles. The van der Waals surface area contributed by atoms with E-state index in [1.54, 1.807) is 7.11 Å². The minimum atomic E-state index is 0.641. The van der Waals surface area contributed by atoms with Crippen molar-refractivity contribution in [2.75, 3.05) is 13.7 Å². The molecule has 0 saturated heterocycles. The van der Waals surface area contributed by atoms with Gasteiger partial charge in [-0.05, 0) is 42.1 Å². The van der Waals surface area contributed by atoms with Gasteiger partial charge in [0, 0.05) is 10.9 Å². The molecule has 86 valence electrons. The smallest absolute Gasteiger partial charge is 0.134 e. The minimum absolute atomic E-state index is 0.641. The maximum absolute atomic E-state index is 5.75. The fraction of sp³-hybridized carbons (Fsp3) is 0.200. The number of methoxy groups -OCH3 is 1. The van der Waals surface area contributed by atoms with Crippen molar-refractivity contribution >= 4 is 16.8 Å². The molecule has 0 spiro atoms. The van der Waals surface area contributed by atoms with Crippen LogP contribution in [0.25, 0.3) is 16.8 Å². The summed E-state index contributed by atoms with van der Waals surface area (Å²) in [5.74, 6) is 1.83. The number of fused-ring (bicyclic) bond motifs is 3. The summed E-state index contributed by atoms with van der Waals surface area (Å²) in [5.41, 5.74) is 2.41. The van der Waals surface area contributed by atoms with Gasteiger partial charge in [-0.2, -0.15) is 0 Å². The van der Waals surface area contributed by atoms with Crippen LogP contribution in [-0.2, 0) is 0 Å². The normalized spacial score (nSPS) is 13.3. The average Bonchev–Trinajstić information content (AvgIpc) is 2.38. The second-order valence-electron chi connectivity index (χ2n) is 4.24. The molecule has 17 heavy (non-hydrogen) atoms. The molecule has 2 aromatic carbocycles. The molecule has 0 amide bonds. The predicted molar refractivity (Wildman–Crippen MR) is 69.8 cm³/mol. The van der Waals surface area contributed by atoms with E-state index in [9.17, 15) is 0 Å². The summed E-state index contributed by atoms with van der Waals surface area (Å²) in [5, 5.41) is 2.35. The molecule has 0 unspecified atom stereocenters. The standard InChI is InChI=1S/C15H14O2/c1-10-8-11-4-3-7-17-15(11)14-9-12(16-2)5-6-13(10)14/h3-6,8-9H,7H2,1-2H3. The summed E-state index contributed by atoms with van der Waals surface area (Å²) in [6, 6.07) is 8.28. The second kappa shape index (κ2) is 3.81. The lowest BCUT2D eigenvalue weighted by atomic mass is 9.99. The van der Waals surface area contributed by atoms with Crippen LogP contribution >= 0.6 is 0 Å². The maximum atomic E-state index is 5.75. The van der Waals surface area contributed by atoms with Crippen molar-refractivity contribution in [3.05, 3.63) is 41.5 Å². The Morgan fingerprint density at radius 3 is 2.88 bits per heavy atom. The van der Waals surface area contributed by atoms with Gasteiger partial charge >= 0.3 is 0 Å². The van der Waals surface area contributed by atoms with E-state index in [-0.39, 0.29) is 0 Å². The Labute approximate surface area is 100 Å². The van der Waals surface area contributed by atoms with Gasteiger partial charge < -0.3 is 9.47 Å². The van der Waals surface area contributed by atoms with Crippen LogP contribution in [0.5, 0.6) is 11.5 Å². The molecule has 1 heterocycles. The van der Waals surface area contributed by atoms with Gasteiger partial charge in [0.15, 0.2) is 0 Å². The van der Waals surface area contributed by atoms with Crippen LogP contribution < -0.4 is 9.47 Å². The third-order valence-corrected chi connectivity index (χ3v) is 3.15. The summed E-state index contributed by atoms with van der Waals surface area (Å²) in [6.45, 7) is 2.76. The van der Waals surface area contributed by atoms with E-state index in [0.717, 1.165) is 22.4 Å². The third kappa shape index (κ3) is 1.57. The first-order valence-corrected chi connectivity index (χ1v) is 5.70. The molecule has 0 atom stereocenters. The van der Waals surface area contributed by atoms with Gasteiger partial charge in [-0.1, -0.05) is 12.1 Å². The Morgan fingerprint density at radius 1 is 1.18 bits per heavy atom. The highest BCUT2D eigenvalue weighted by molar-refractivity contribution is 5.95. The molecule has 1 aliphatic rings. The first kappa shape index (κ1) is 10.2. The second-order valence-corrected chi connectivity index (χ2v) is 4.24. The highest BCUT2D eigenvalue weighted by atomic mass is 16.5. The van der Waals surface area contributed by atoms with E-state index in [0.29, 0.717) is 6.61 Å². The largest absolute Gasteiger partial charge is 0.497 e. The highest BCUT2D eigenvalue weighted by Gasteiger charge is 2.12. The van der Waals surface area contributed by atoms with Crippen molar-refractivity contribution in [1.82, 2.24) is 0 Å². The summed E-state index contributed by atoms with van der Waals surface area (Å²) in [7, 11) is 1.68. The number of aryl methyl sites for hydroxylation is 1. The molecule has 0 fully saturated rings. The molecular formula is C15H14O2. The zero-order chi connectivity index (χ0) is 11.8. The van der Waals surface area contributed by atoms with E-state index in [1.165, 1.54) is 10.9 Å². The van der Waals surface area contributed by atoms with Crippen LogP contribution in [0.3, 0.4) is 0 Å². The third-order valence-electron chi connectivity index (χ3n) is 3.15. The number of hydrogen-bond donors (Lipinski definition) is 0. The van der Waals surface area contributed by atoms with Gasteiger partial charge in [0.1, 0.15) is 18.1 Å². The lowest BCUT2D eigenvalue weighted by Gasteiger charge is -2.17. The van der Waals surface area contributed by atoms with Crippen molar-refractivity contribution < 1.29 is 9.47 Å². The first-order chi connectivity index (χ1) is 8.29. The Hall–Kier alpha value is -1.96. The lowest BCUT2D eigenvalue weighted by molar-refractivity contribution is 0.362. The Balaban J connectivity index is 2.38. The Bertz CT molecular complexity index is 612. The fourth-order valence-corrected chi connectivity index (χ4v) is 2.31. The summed E-state index contributed by atoms with van der Waals surface area (Å²) in [4.78, 5) is 0. The number of benzene rings is 2. The van der Waals surface area contributed by atoms with Gasteiger partial charge in [0.05, 0.1) is 7.11 Å². The molecule has 0 bridgehead atoms. The molecule has 1 aliphatic heterocycles. The van der Waals surface area contributed by atoms with Gasteiger partial charge in [-0.15, -0.1) is 0 Å². The van der Waals surface area contributed by atoms with E-state index >= 15 is 0 Å².